The van der Waals surface area contributed by atoms with E-state index in [1.165, 1.54) is 4.90 Å². The van der Waals surface area contributed by atoms with Gasteiger partial charge in [0.2, 0.25) is 5.91 Å². The summed E-state index contributed by atoms with van der Waals surface area (Å²) in [7, 11) is 0. The van der Waals surface area contributed by atoms with Crippen LogP contribution < -0.4 is 5.32 Å². The lowest BCUT2D eigenvalue weighted by atomic mass is 9.95. The van der Waals surface area contributed by atoms with Gasteiger partial charge in [0.1, 0.15) is 0 Å². The fraction of sp³-hybridized carbons (Fsp3) is 0.429. The molecular formula is C14H16N2OS. The molecule has 0 fully saturated rings. The molecule has 0 saturated heterocycles. The minimum atomic E-state index is -0.513. The molecule has 4 heteroatoms. The highest BCUT2D eigenvalue weighted by atomic mass is 32.2. The fourth-order valence-corrected chi connectivity index (χ4v) is 3.08. The van der Waals surface area contributed by atoms with Gasteiger partial charge in [0.05, 0.1) is 17.4 Å². The normalized spacial score (nSPS) is 17.9. The van der Waals surface area contributed by atoms with Crippen LogP contribution in [0, 0.1) is 16.7 Å². The highest BCUT2D eigenvalue weighted by molar-refractivity contribution is 7.99. The van der Waals surface area contributed by atoms with Gasteiger partial charge in [-0.15, -0.1) is 11.8 Å². The Morgan fingerprint density at radius 3 is 3.00 bits per heavy atom. The van der Waals surface area contributed by atoms with Crippen LogP contribution in [0.2, 0.25) is 0 Å². The number of hydrogen-bond donors (Lipinski definition) is 1. The minimum absolute atomic E-state index is 0.0239. The number of nitriles is 1. The van der Waals surface area contributed by atoms with E-state index in [2.05, 4.69) is 11.4 Å². The zero-order chi connectivity index (χ0) is 13.2. The number of fused-ring (bicyclic) bond motifs is 1. The second-order valence-electron chi connectivity index (χ2n) is 5.11. The van der Waals surface area contributed by atoms with E-state index in [4.69, 9.17) is 5.26 Å². The third-order valence-electron chi connectivity index (χ3n) is 3.02. The first-order valence-electron chi connectivity index (χ1n) is 5.94. The summed E-state index contributed by atoms with van der Waals surface area (Å²) < 4.78 is 0. The second-order valence-corrected chi connectivity index (χ2v) is 6.18. The number of nitrogens with zero attached hydrogens (tertiary/aromatic N) is 1. The fourth-order valence-electron chi connectivity index (χ4n) is 1.85. The summed E-state index contributed by atoms with van der Waals surface area (Å²) in [5.41, 5.74) is 0.593. The van der Waals surface area contributed by atoms with Gasteiger partial charge in [-0.2, -0.15) is 5.26 Å². The van der Waals surface area contributed by atoms with Gasteiger partial charge in [-0.3, -0.25) is 4.79 Å². The summed E-state index contributed by atoms with van der Waals surface area (Å²) in [6, 6.07) is 10.2. The molecule has 18 heavy (non-hydrogen) atoms. The molecule has 0 aliphatic carbocycles. The van der Waals surface area contributed by atoms with Crippen LogP contribution in [-0.2, 0) is 4.79 Å². The van der Waals surface area contributed by atoms with E-state index in [9.17, 15) is 4.79 Å². The van der Waals surface area contributed by atoms with Gasteiger partial charge < -0.3 is 5.32 Å². The molecule has 1 aromatic carbocycles. The average molecular weight is 260 g/mol. The van der Waals surface area contributed by atoms with E-state index in [-0.39, 0.29) is 11.8 Å². The number of amides is 1. The highest BCUT2D eigenvalue weighted by Gasteiger charge is 2.29. The SMILES string of the molecule is CC(C)(C#N)CNC(=O)C1CSc2ccccc21. The van der Waals surface area contributed by atoms with Gasteiger partial charge in [-0.05, 0) is 25.5 Å². The van der Waals surface area contributed by atoms with Crippen molar-refractivity contribution in [2.75, 3.05) is 12.3 Å². The lowest BCUT2D eigenvalue weighted by molar-refractivity contribution is -0.122. The molecule has 0 radical (unpaired) electrons. The summed E-state index contributed by atoms with van der Waals surface area (Å²) in [5, 5.41) is 11.8. The van der Waals surface area contributed by atoms with Crippen molar-refractivity contribution in [1.29, 1.82) is 5.26 Å². The number of benzene rings is 1. The maximum atomic E-state index is 12.1. The van der Waals surface area contributed by atoms with Gasteiger partial charge >= 0.3 is 0 Å². The number of nitrogens with one attached hydrogen (secondary N) is 1. The maximum Gasteiger partial charge on any atom is 0.228 e. The first-order chi connectivity index (χ1) is 8.53. The Morgan fingerprint density at radius 2 is 2.28 bits per heavy atom. The molecule has 0 bridgehead atoms. The largest absolute Gasteiger partial charge is 0.354 e. The predicted octanol–water partition coefficient (Wildman–Crippen LogP) is 2.54. The third-order valence-corrected chi connectivity index (χ3v) is 4.21. The van der Waals surface area contributed by atoms with Crippen molar-refractivity contribution in [3.8, 4) is 6.07 Å². The highest BCUT2D eigenvalue weighted by Crippen LogP contribution is 2.39. The van der Waals surface area contributed by atoms with Crippen LogP contribution in [-0.4, -0.2) is 18.2 Å². The van der Waals surface area contributed by atoms with Crippen molar-refractivity contribution in [2.24, 2.45) is 5.41 Å². The van der Waals surface area contributed by atoms with Crippen molar-refractivity contribution in [1.82, 2.24) is 5.32 Å². The van der Waals surface area contributed by atoms with Gasteiger partial charge in [-0.25, -0.2) is 0 Å². The molecule has 1 amide bonds. The summed E-state index contributed by atoms with van der Waals surface area (Å²) in [5.74, 6) is 0.731. The molecule has 1 aromatic rings. The zero-order valence-electron chi connectivity index (χ0n) is 10.6. The number of rotatable bonds is 3. The van der Waals surface area contributed by atoms with Crippen molar-refractivity contribution < 1.29 is 4.79 Å². The average Bonchev–Trinajstić information content (AvgIpc) is 2.80. The smallest absolute Gasteiger partial charge is 0.228 e. The molecule has 0 aromatic heterocycles. The van der Waals surface area contributed by atoms with Crippen molar-refractivity contribution >= 4 is 17.7 Å². The molecule has 0 spiro atoms. The van der Waals surface area contributed by atoms with Crippen LogP contribution >= 0.6 is 11.8 Å². The summed E-state index contributed by atoms with van der Waals surface area (Å²) in [4.78, 5) is 13.3. The van der Waals surface area contributed by atoms with Crippen molar-refractivity contribution in [3.05, 3.63) is 29.8 Å². The van der Waals surface area contributed by atoms with Crippen LogP contribution in [0.5, 0.6) is 0 Å². The number of carbonyl (C=O) groups is 1. The first kappa shape index (κ1) is 13.0. The van der Waals surface area contributed by atoms with E-state index in [0.29, 0.717) is 6.54 Å². The van der Waals surface area contributed by atoms with Crippen LogP contribution in [0.3, 0.4) is 0 Å². The lowest BCUT2D eigenvalue weighted by Crippen LogP contribution is -2.36. The Bertz CT molecular complexity index is 505. The lowest BCUT2D eigenvalue weighted by Gasteiger charge is -2.18. The van der Waals surface area contributed by atoms with Crippen LogP contribution in [0.15, 0.2) is 29.2 Å². The van der Waals surface area contributed by atoms with Crippen LogP contribution in [0.4, 0.5) is 0 Å². The number of carbonyl (C=O) groups excluding carboxylic acids is 1. The summed E-state index contributed by atoms with van der Waals surface area (Å²) in [6.45, 7) is 4.04. The van der Waals surface area contributed by atoms with Crippen molar-refractivity contribution in [2.45, 2.75) is 24.7 Å². The van der Waals surface area contributed by atoms with Crippen molar-refractivity contribution in [3.63, 3.8) is 0 Å². The summed E-state index contributed by atoms with van der Waals surface area (Å²) >= 11 is 1.72. The van der Waals surface area contributed by atoms with Gasteiger partial charge in [-0.1, -0.05) is 18.2 Å². The molecule has 1 heterocycles. The quantitative estimate of drug-likeness (QED) is 0.908. The minimum Gasteiger partial charge on any atom is -0.354 e. The molecule has 1 unspecified atom stereocenters. The molecular weight excluding hydrogens is 244 g/mol. The monoisotopic (exact) mass is 260 g/mol. The topological polar surface area (TPSA) is 52.9 Å². The summed E-state index contributed by atoms with van der Waals surface area (Å²) in [6.07, 6.45) is 0. The molecule has 94 valence electrons. The Labute approximate surface area is 112 Å². The molecule has 0 saturated carbocycles. The molecule has 1 aliphatic heterocycles. The molecule has 3 nitrogen and oxygen atoms in total. The predicted molar refractivity (Wildman–Crippen MR) is 72.3 cm³/mol. The van der Waals surface area contributed by atoms with Gasteiger partial charge in [0, 0.05) is 17.2 Å². The molecule has 1 atom stereocenters. The standard InChI is InChI=1S/C14H16N2OS/c1-14(2,8-15)9-16-13(17)11-7-18-12-6-4-3-5-10(11)12/h3-6,11H,7,9H2,1-2H3,(H,16,17). The van der Waals surface area contributed by atoms with E-state index >= 15 is 0 Å². The zero-order valence-corrected chi connectivity index (χ0v) is 11.4. The van der Waals surface area contributed by atoms with E-state index in [1.807, 2.05) is 38.1 Å². The van der Waals surface area contributed by atoms with Gasteiger partial charge in [0.25, 0.3) is 0 Å². The third kappa shape index (κ3) is 2.68. The Balaban J connectivity index is 2.02. The second kappa shape index (κ2) is 5.03. The Hall–Kier alpha value is -1.47. The van der Waals surface area contributed by atoms with E-state index < -0.39 is 5.41 Å². The molecule has 2 rings (SSSR count). The Kier molecular flexibility index (Phi) is 3.63. The number of hydrogen-bond acceptors (Lipinski definition) is 3. The Morgan fingerprint density at radius 1 is 1.56 bits per heavy atom. The van der Waals surface area contributed by atoms with Crippen LogP contribution in [0.25, 0.3) is 0 Å². The molecule has 1 aliphatic rings. The molecule has 1 N–H and O–H groups in total. The van der Waals surface area contributed by atoms with E-state index in [0.717, 1.165) is 11.3 Å². The van der Waals surface area contributed by atoms with E-state index in [1.54, 1.807) is 11.8 Å². The maximum absolute atomic E-state index is 12.1. The van der Waals surface area contributed by atoms with Gasteiger partial charge in [0.15, 0.2) is 0 Å². The first-order valence-corrected chi connectivity index (χ1v) is 6.93. The number of thioether (sulfide) groups is 1. The van der Waals surface area contributed by atoms with Crippen LogP contribution in [0.1, 0.15) is 25.3 Å².